The van der Waals surface area contributed by atoms with E-state index in [-0.39, 0.29) is 0 Å². The molecule has 1 aromatic heterocycles. The van der Waals surface area contributed by atoms with E-state index >= 15 is 0 Å². The van der Waals surface area contributed by atoms with Crippen LogP contribution in [0.3, 0.4) is 0 Å². The smallest absolute Gasteiger partial charge is 0.223 e. The Balaban J connectivity index is 1.90. The van der Waals surface area contributed by atoms with Crippen molar-refractivity contribution in [2.24, 2.45) is 0 Å². The standard InChI is InChI=1S/C19H16N2O3/c1-2-23-18-10-14(12-22)8-9-17(18)24-19-11-16(20-13-21-19)15-6-4-3-5-7-15/h3-13H,2H2,1H3. The Morgan fingerprint density at radius 3 is 2.58 bits per heavy atom. The van der Waals surface area contributed by atoms with E-state index in [1.807, 2.05) is 37.3 Å². The summed E-state index contributed by atoms with van der Waals surface area (Å²) in [4.78, 5) is 19.3. The van der Waals surface area contributed by atoms with Gasteiger partial charge in [-0.25, -0.2) is 9.97 Å². The summed E-state index contributed by atoms with van der Waals surface area (Å²) < 4.78 is 11.4. The van der Waals surface area contributed by atoms with Crippen molar-refractivity contribution >= 4 is 6.29 Å². The van der Waals surface area contributed by atoms with Gasteiger partial charge in [0.1, 0.15) is 12.6 Å². The summed E-state index contributed by atoms with van der Waals surface area (Å²) in [6, 6.07) is 16.6. The maximum atomic E-state index is 10.9. The molecule has 0 fully saturated rings. The summed E-state index contributed by atoms with van der Waals surface area (Å²) in [5.41, 5.74) is 2.27. The fraction of sp³-hybridized carbons (Fsp3) is 0.105. The first kappa shape index (κ1) is 15.7. The van der Waals surface area contributed by atoms with Crippen molar-refractivity contribution in [1.82, 2.24) is 9.97 Å². The quantitative estimate of drug-likeness (QED) is 0.639. The van der Waals surface area contributed by atoms with Gasteiger partial charge in [-0.15, -0.1) is 0 Å². The van der Waals surface area contributed by atoms with E-state index in [1.165, 1.54) is 6.33 Å². The van der Waals surface area contributed by atoms with Crippen LogP contribution in [0.4, 0.5) is 0 Å². The molecule has 0 saturated heterocycles. The molecular formula is C19H16N2O3. The molecule has 0 radical (unpaired) electrons. The number of hydrogen-bond acceptors (Lipinski definition) is 5. The molecule has 3 aromatic rings. The van der Waals surface area contributed by atoms with Crippen LogP contribution in [0, 0.1) is 0 Å². The van der Waals surface area contributed by atoms with E-state index in [2.05, 4.69) is 9.97 Å². The first-order chi connectivity index (χ1) is 11.8. The lowest BCUT2D eigenvalue weighted by molar-refractivity contribution is 0.112. The lowest BCUT2D eigenvalue weighted by atomic mass is 10.1. The summed E-state index contributed by atoms with van der Waals surface area (Å²) in [6.45, 7) is 2.34. The third kappa shape index (κ3) is 3.57. The largest absolute Gasteiger partial charge is 0.490 e. The Hall–Kier alpha value is -3.21. The van der Waals surface area contributed by atoms with E-state index in [0.29, 0.717) is 29.5 Å². The number of rotatable bonds is 6. The average Bonchev–Trinajstić information content (AvgIpc) is 2.64. The van der Waals surface area contributed by atoms with Gasteiger partial charge in [0.25, 0.3) is 0 Å². The van der Waals surface area contributed by atoms with Gasteiger partial charge < -0.3 is 9.47 Å². The van der Waals surface area contributed by atoms with Crippen LogP contribution in [0.1, 0.15) is 17.3 Å². The summed E-state index contributed by atoms with van der Waals surface area (Å²) in [7, 11) is 0. The summed E-state index contributed by atoms with van der Waals surface area (Å²) in [6.07, 6.45) is 2.22. The molecule has 0 aliphatic rings. The van der Waals surface area contributed by atoms with Crippen molar-refractivity contribution < 1.29 is 14.3 Å². The SMILES string of the molecule is CCOc1cc(C=O)ccc1Oc1cc(-c2ccccc2)ncn1. The first-order valence-electron chi connectivity index (χ1n) is 7.57. The Kier molecular flexibility index (Phi) is 4.81. The molecule has 5 heteroatoms. The van der Waals surface area contributed by atoms with Crippen LogP contribution in [0.2, 0.25) is 0 Å². The second-order valence-corrected chi connectivity index (χ2v) is 4.97. The van der Waals surface area contributed by atoms with Crippen LogP contribution in [-0.4, -0.2) is 22.9 Å². The molecule has 5 nitrogen and oxygen atoms in total. The van der Waals surface area contributed by atoms with Gasteiger partial charge in [0, 0.05) is 17.2 Å². The fourth-order valence-corrected chi connectivity index (χ4v) is 2.23. The summed E-state index contributed by atoms with van der Waals surface area (Å²) in [5, 5.41) is 0. The lowest BCUT2D eigenvalue weighted by Gasteiger charge is -2.11. The van der Waals surface area contributed by atoms with Crippen LogP contribution >= 0.6 is 0 Å². The minimum atomic E-state index is 0.406. The topological polar surface area (TPSA) is 61.3 Å². The molecule has 0 bridgehead atoms. The van der Waals surface area contributed by atoms with Gasteiger partial charge in [-0.05, 0) is 25.1 Å². The molecule has 0 aliphatic heterocycles. The van der Waals surface area contributed by atoms with Crippen LogP contribution in [0.5, 0.6) is 17.4 Å². The van der Waals surface area contributed by atoms with Crippen LogP contribution in [-0.2, 0) is 0 Å². The third-order valence-corrected chi connectivity index (χ3v) is 3.33. The molecule has 0 atom stereocenters. The Morgan fingerprint density at radius 1 is 1.00 bits per heavy atom. The number of aldehydes is 1. The highest BCUT2D eigenvalue weighted by Gasteiger charge is 2.10. The van der Waals surface area contributed by atoms with E-state index in [0.717, 1.165) is 17.5 Å². The highest BCUT2D eigenvalue weighted by atomic mass is 16.5. The van der Waals surface area contributed by atoms with Gasteiger partial charge in [-0.2, -0.15) is 0 Å². The highest BCUT2D eigenvalue weighted by Crippen LogP contribution is 2.32. The molecule has 120 valence electrons. The average molecular weight is 320 g/mol. The minimum Gasteiger partial charge on any atom is -0.490 e. The number of nitrogens with zero attached hydrogens (tertiary/aromatic N) is 2. The van der Waals surface area contributed by atoms with E-state index in [9.17, 15) is 4.79 Å². The predicted octanol–water partition coefficient (Wildman–Crippen LogP) is 4.15. The number of aromatic nitrogens is 2. The molecule has 0 amide bonds. The van der Waals surface area contributed by atoms with Crippen LogP contribution in [0.15, 0.2) is 60.9 Å². The van der Waals surface area contributed by atoms with Crippen molar-refractivity contribution in [2.75, 3.05) is 6.61 Å². The summed E-state index contributed by atoms with van der Waals surface area (Å²) >= 11 is 0. The second-order valence-electron chi connectivity index (χ2n) is 4.97. The maximum Gasteiger partial charge on any atom is 0.223 e. The van der Waals surface area contributed by atoms with Crippen LogP contribution < -0.4 is 9.47 Å². The molecule has 0 aliphatic carbocycles. The summed E-state index contributed by atoms with van der Waals surface area (Å²) in [5.74, 6) is 1.41. The predicted molar refractivity (Wildman–Crippen MR) is 90.5 cm³/mol. The van der Waals surface area contributed by atoms with Gasteiger partial charge in [0.2, 0.25) is 5.88 Å². The number of carbonyl (C=O) groups excluding carboxylic acids is 1. The molecular weight excluding hydrogens is 304 g/mol. The Labute approximate surface area is 139 Å². The number of benzene rings is 2. The molecule has 24 heavy (non-hydrogen) atoms. The fourth-order valence-electron chi connectivity index (χ4n) is 2.23. The minimum absolute atomic E-state index is 0.406. The third-order valence-electron chi connectivity index (χ3n) is 3.33. The Bertz CT molecular complexity index is 835. The molecule has 0 N–H and O–H groups in total. The number of carbonyl (C=O) groups is 1. The van der Waals surface area contributed by atoms with Gasteiger partial charge >= 0.3 is 0 Å². The molecule has 3 rings (SSSR count). The molecule has 0 unspecified atom stereocenters. The van der Waals surface area contributed by atoms with Crippen molar-refractivity contribution in [2.45, 2.75) is 6.92 Å². The zero-order valence-corrected chi connectivity index (χ0v) is 13.2. The van der Waals surface area contributed by atoms with Gasteiger partial charge in [-0.3, -0.25) is 4.79 Å². The van der Waals surface area contributed by atoms with Gasteiger partial charge in [0.15, 0.2) is 11.5 Å². The zero-order chi connectivity index (χ0) is 16.8. The number of hydrogen-bond donors (Lipinski definition) is 0. The highest BCUT2D eigenvalue weighted by molar-refractivity contribution is 5.76. The molecule has 1 heterocycles. The van der Waals surface area contributed by atoms with Crippen molar-refractivity contribution in [1.29, 1.82) is 0 Å². The molecule has 0 saturated carbocycles. The monoisotopic (exact) mass is 320 g/mol. The lowest BCUT2D eigenvalue weighted by Crippen LogP contribution is -1.97. The van der Waals surface area contributed by atoms with Crippen molar-refractivity contribution in [3.8, 4) is 28.6 Å². The van der Waals surface area contributed by atoms with Gasteiger partial charge in [0.05, 0.1) is 12.3 Å². The zero-order valence-electron chi connectivity index (χ0n) is 13.2. The maximum absolute atomic E-state index is 10.9. The normalized spacial score (nSPS) is 10.2. The number of ether oxygens (including phenoxy) is 2. The van der Waals surface area contributed by atoms with Crippen molar-refractivity contribution in [3.63, 3.8) is 0 Å². The second kappa shape index (κ2) is 7.37. The van der Waals surface area contributed by atoms with E-state index in [4.69, 9.17) is 9.47 Å². The van der Waals surface area contributed by atoms with E-state index < -0.39 is 0 Å². The first-order valence-corrected chi connectivity index (χ1v) is 7.57. The van der Waals surface area contributed by atoms with Gasteiger partial charge in [-0.1, -0.05) is 30.3 Å². The van der Waals surface area contributed by atoms with Crippen LogP contribution in [0.25, 0.3) is 11.3 Å². The Morgan fingerprint density at radius 2 is 1.83 bits per heavy atom. The molecule has 0 spiro atoms. The molecule has 2 aromatic carbocycles. The van der Waals surface area contributed by atoms with Crippen molar-refractivity contribution in [3.05, 3.63) is 66.5 Å². The van der Waals surface area contributed by atoms with E-state index in [1.54, 1.807) is 24.3 Å².